The average Bonchev–Trinajstić information content (AvgIpc) is 2.45. The van der Waals surface area contributed by atoms with Crippen molar-refractivity contribution in [2.24, 2.45) is 0 Å². The molecule has 12 heavy (non-hydrogen) atoms. The van der Waals surface area contributed by atoms with E-state index in [1.807, 2.05) is 0 Å². The highest BCUT2D eigenvalue weighted by Crippen LogP contribution is 2.33. The number of methoxy groups -OCH3 is 2. The van der Waals surface area contributed by atoms with Crippen LogP contribution in [-0.2, 0) is 4.74 Å². The van der Waals surface area contributed by atoms with Gasteiger partial charge >= 0.3 is 5.97 Å². The summed E-state index contributed by atoms with van der Waals surface area (Å²) >= 11 is 5.46. The van der Waals surface area contributed by atoms with Crippen molar-refractivity contribution in [3.05, 3.63) is 10.9 Å². The second-order valence-corrected chi connectivity index (χ2v) is 3.61. The fraction of sp³-hybridized carbons (Fsp3) is 0.286. The zero-order valence-electron chi connectivity index (χ0n) is 6.66. The van der Waals surface area contributed by atoms with Gasteiger partial charge in [0.05, 0.1) is 18.4 Å². The van der Waals surface area contributed by atoms with Crippen molar-refractivity contribution in [1.29, 1.82) is 0 Å². The third-order valence-electron chi connectivity index (χ3n) is 1.34. The number of carbonyl (C=O) groups is 1. The first kappa shape index (κ1) is 9.41. The molecule has 1 aromatic rings. The Morgan fingerprint density at radius 3 is 2.75 bits per heavy atom. The fourth-order valence-electron chi connectivity index (χ4n) is 0.785. The molecule has 0 aromatic carbocycles. The van der Waals surface area contributed by atoms with Gasteiger partial charge in [0, 0.05) is 5.38 Å². The van der Waals surface area contributed by atoms with Crippen molar-refractivity contribution in [2.75, 3.05) is 14.2 Å². The van der Waals surface area contributed by atoms with Crippen molar-refractivity contribution in [3.63, 3.8) is 0 Å². The summed E-state index contributed by atoms with van der Waals surface area (Å²) in [7, 11) is 2.83. The number of esters is 1. The Balaban J connectivity index is 3.07. The zero-order valence-corrected chi connectivity index (χ0v) is 8.37. The molecule has 0 radical (unpaired) electrons. The number of hydrogen-bond acceptors (Lipinski definition) is 5. The van der Waals surface area contributed by atoms with Gasteiger partial charge in [-0.25, -0.2) is 4.79 Å². The van der Waals surface area contributed by atoms with Crippen molar-refractivity contribution in [1.82, 2.24) is 0 Å². The Bertz CT molecular complexity index is 293. The summed E-state index contributed by atoms with van der Waals surface area (Å²) in [5.74, 6) is 0.0820. The molecule has 3 nitrogen and oxygen atoms in total. The van der Waals surface area contributed by atoms with E-state index in [1.165, 1.54) is 25.6 Å². The Morgan fingerprint density at radius 2 is 2.25 bits per heavy atom. The van der Waals surface area contributed by atoms with Crippen LogP contribution in [0.25, 0.3) is 0 Å². The molecule has 66 valence electrons. The lowest BCUT2D eigenvalue weighted by Gasteiger charge is -2.00. The number of carbonyl (C=O) groups excluding carboxylic acids is 1. The van der Waals surface area contributed by atoms with Crippen molar-refractivity contribution in [3.8, 4) is 5.75 Å². The molecule has 0 fully saturated rings. The van der Waals surface area contributed by atoms with Gasteiger partial charge < -0.3 is 9.47 Å². The highest BCUT2D eigenvalue weighted by Gasteiger charge is 2.16. The van der Waals surface area contributed by atoms with Gasteiger partial charge in [-0.05, 0) is 0 Å². The molecule has 0 spiro atoms. The Kier molecular flexibility index (Phi) is 2.99. The zero-order chi connectivity index (χ0) is 9.14. The van der Waals surface area contributed by atoms with Crippen molar-refractivity contribution in [2.45, 2.75) is 4.21 Å². The highest BCUT2D eigenvalue weighted by molar-refractivity contribution is 7.83. The lowest BCUT2D eigenvalue weighted by atomic mass is 10.3. The van der Waals surface area contributed by atoms with E-state index in [9.17, 15) is 4.79 Å². The summed E-state index contributed by atoms with van der Waals surface area (Å²) in [6.07, 6.45) is 0. The molecule has 1 rings (SSSR count). The Labute approximate surface area is 79.7 Å². The van der Waals surface area contributed by atoms with Crippen LogP contribution >= 0.6 is 24.0 Å². The molecular formula is C7H8O3S2. The van der Waals surface area contributed by atoms with E-state index in [-0.39, 0.29) is 0 Å². The maximum absolute atomic E-state index is 11.1. The van der Waals surface area contributed by atoms with Crippen molar-refractivity contribution >= 4 is 29.9 Å². The van der Waals surface area contributed by atoms with Crippen LogP contribution in [0.4, 0.5) is 0 Å². The Morgan fingerprint density at radius 1 is 1.58 bits per heavy atom. The largest absolute Gasteiger partial charge is 0.494 e. The molecule has 0 bridgehead atoms. The number of thiophene rings is 1. The maximum atomic E-state index is 11.1. The Hall–Kier alpha value is -0.680. The van der Waals surface area contributed by atoms with Gasteiger partial charge in [0.15, 0.2) is 5.75 Å². The number of rotatable bonds is 2. The van der Waals surface area contributed by atoms with Gasteiger partial charge in [-0.15, -0.1) is 24.0 Å². The minimum atomic E-state index is -0.400. The topological polar surface area (TPSA) is 35.5 Å². The molecule has 0 aliphatic carbocycles. The second kappa shape index (κ2) is 3.82. The van der Waals surface area contributed by atoms with E-state index in [4.69, 9.17) is 4.74 Å². The molecular weight excluding hydrogens is 196 g/mol. The van der Waals surface area contributed by atoms with E-state index in [0.29, 0.717) is 15.5 Å². The van der Waals surface area contributed by atoms with Gasteiger partial charge in [-0.2, -0.15) is 0 Å². The minimum Gasteiger partial charge on any atom is -0.494 e. The SMILES string of the molecule is COC(=O)c1csc(S)c1OC. The second-order valence-electron chi connectivity index (χ2n) is 1.98. The molecule has 0 saturated heterocycles. The van der Waals surface area contributed by atoms with Gasteiger partial charge in [-0.1, -0.05) is 0 Å². The van der Waals surface area contributed by atoms with E-state index < -0.39 is 5.97 Å². The van der Waals surface area contributed by atoms with Crippen LogP contribution in [0.15, 0.2) is 9.59 Å². The molecule has 0 atom stereocenters. The third-order valence-corrected chi connectivity index (χ3v) is 2.62. The molecule has 1 heterocycles. The predicted molar refractivity (Wildman–Crippen MR) is 49.5 cm³/mol. The summed E-state index contributed by atoms with van der Waals surface area (Å²) in [5.41, 5.74) is 0.426. The van der Waals surface area contributed by atoms with Crippen LogP contribution in [0, 0.1) is 0 Å². The first-order valence-electron chi connectivity index (χ1n) is 3.13. The number of thiol groups is 1. The monoisotopic (exact) mass is 204 g/mol. The van der Waals surface area contributed by atoms with Crippen LogP contribution in [0.2, 0.25) is 0 Å². The van der Waals surface area contributed by atoms with Gasteiger partial charge in [0.25, 0.3) is 0 Å². The smallest absolute Gasteiger partial charge is 0.342 e. The molecule has 0 aliphatic rings. The van der Waals surface area contributed by atoms with Crippen LogP contribution in [0.1, 0.15) is 10.4 Å². The van der Waals surface area contributed by atoms with E-state index >= 15 is 0 Å². The summed E-state index contributed by atoms with van der Waals surface area (Å²) < 4.78 is 10.2. The highest BCUT2D eigenvalue weighted by atomic mass is 32.2. The molecule has 0 aliphatic heterocycles. The summed E-state index contributed by atoms with van der Waals surface area (Å²) in [6, 6.07) is 0. The summed E-state index contributed by atoms with van der Waals surface area (Å²) in [4.78, 5) is 11.1. The van der Waals surface area contributed by atoms with Crippen LogP contribution in [-0.4, -0.2) is 20.2 Å². The molecule has 0 unspecified atom stereocenters. The first-order valence-corrected chi connectivity index (χ1v) is 4.46. The van der Waals surface area contributed by atoms with Crippen LogP contribution in [0.5, 0.6) is 5.75 Å². The minimum absolute atomic E-state index is 0.400. The van der Waals surface area contributed by atoms with Gasteiger partial charge in [-0.3, -0.25) is 0 Å². The van der Waals surface area contributed by atoms with Crippen molar-refractivity contribution < 1.29 is 14.3 Å². The average molecular weight is 204 g/mol. The maximum Gasteiger partial charge on any atom is 0.342 e. The summed E-state index contributed by atoms with van der Waals surface area (Å²) in [5, 5.41) is 1.66. The molecule has 5 heteroatoms. The van der Waals surface area contributed by atoms with Crippen LogP contribution < -0.4 is 4.74 Å². The normalized spacial score (nSPS) is 9.58. The third kappa shape index (κ3) is 1.56. The van der Waals surface area contributed by atoms with E-state index in [2.05, 4.69) is 17.4 Å². The lowest BCUT2D eigenvalue weighted by molar-refractivity contribution is 0.0597. The number of hydrogen-bond donors (Lipinski definition) is 1. The van der Waals surface area contributed by atoms with Gasteiger partial charge in [0.1, 0.15) is 5.56 Å². The van der Waals surface area contributed by atoms with E-state index in [1.54, 1.807) is 5.38 Å². The molecule has 0 N–H and O–H groups in total. The number of ether oxygens (including phenoxy) is 2. The fourth-order valence-corrected chi connectivity index (χ4v) is 1.89. The quantitative estimate of drug-likeness (QED) is 0.589. The van der Waals surface area contributed by atoms with E-state index in [0.717, 1.165) is 0 Å². The summed E-state index contributed by atoms with van der Waals surface area (Å²) in [6.45, 7) is 0. The van der Waals surface area contributed by atoms with Gasteiger partial charge in [0.2, 0.25) is 0 Å². The lowest BCUT2D eigenvalue weighted by Crippen LogP contribution is -2.01. The standard InChI is InChI=1S/C7H8O3S2/c1-9-5-4(6(8)10-2)3-12-7(5)11/h3,11H,1-2H3. The molecule has 0 amide bonds. The molecule has 0 saturated carbocycles. The predicted octanol–water partition coefficient (Wildman–Crippen LogP) is 1.83. The van der Waals surface area contributed by atoms with Crippen LogP contribution in [0.3, 0.4) is 0 Å². The molecule has 1 aromatic heterocycles. The first-order chi connectivity index (χ1) is 5.70.